The Hall–Kier alpha value is -1.13. The first-order chi connectivity index (χ1) is 7.23. The summed E-state index contributed by atoms with van der Waals surface area (Å²) in [6, 6.07) is 5.80. The fourth-order valence-electron chi connectivity index (χ4n) is 1.85. The molecule has 4 nitrogen and oxygen atoms in total. The summed E-state index contributed by atoms with van der Waals surface area (Å²) in [7, 11) is 0. The van der Waals surface area contributed by atoms with Gasteiger partial charge in [-0.3, -0.25) is 0 Å². The summed E-state index contributed by atoms with van der Waals surface area (Å²) in [6.45, 7) is 1.34. The topological polar surface area (TPSA) is 56.6 Å². The standard InChI is InChI=1S/C11H16N2O2/c14-9-11(15)4-7-13(8-5-11)10-3-1-2-6-12-10/h1-3,6,14-15H,4-5,7-9H2. The maximum atomic E-state index is 9.85. The highest BCUT2D eigenvalue weighted by Crippen LogP contribution is 2.24. The minimum Gasteiger partial charge on any atom is -0.393 e. The highest BCUT2D eigenvalue weighted by atomic mass is 16.3. The number of rotatable bonds is 2. The van der Waals surface area contributed by atoms with E-state index in [2.05, 4.69) is 9.88 Å². The normalized spacial score (nSPS) is 20.3. The van der Waals surface area contributed by atoms with E-state index >= 15 is 0 Å². The molecule has 1 saturated heterocycles. The van der Waals surface area contributed by atoms with Crippen LogP contribution in [0.5, 0.6) is 0 Å². The highest BCUT2D eigenvalue weighted by Gasteiger charge is 2.31. The molecule has 0 spiro atoms. The molecule has 2 heterocycles. The van der Waals surface area contributed by atoms with Crippen molar-refractivity contribution in [1.82, 2.24) is 4.98 Å². The first kappa shape index (κ1) is 10.4. The van der Waals surface area contributed by atoms with Gasteiger partial charge in [-0.2, -0.15) is 0 Å². The minimum absolute atomic E-state index is 0.150. The molecule has 0 unspecified atom stereocenters. The SMILES string of the molecule is OCC1(O)CCN(c2ccccn2)CC1. The zero-order valence-corrected chi connectivity index (χ0v) is 8.63. The second-order valence-electron chi connectivity index (χ2n) is 4.06. The van der Waals surface area contributed by atoms with Gasteiger partial charge < -0.3 is 15.1 Å². The zero-order valence-electron chi connectivity index (χ0n) is 8.63. The number of aliphatic hydroxyl groups excluding tert-OH is 1. The molecule has 1 aromatic heterocycles. The van der Waals surface area contributed by atoms with Crippen molar-refractivity contribution in [2.45, 2.75) is 18.4 Å². The van der Waals surface area contributed by atoms with Gasteiger partial charge in [0.2, 0.25) is 0 Å². The molecule has 4 heteroatoms. The summed E-state index contributed by atoms with van der Waals surface area (Å²) in [5.41, 5.74) is -0.884. The summed E-state index contributed by atoms with van der Waals surface area (Å²) in [6.07, 6.45) is 2.96. The quantitative estimate of drug-likeness (QED) is 0.739. The van der Waals surface area contributed by atoms with Crippen molar-refractivity contribution >= 4 is 5.82 Å². The van der Waals surface area contributed by atoms with Crippen LogP contribution in [0.1, 0.15) is 12.8 Å². The van der Waals surface area contributed by atoms with Crippen LogP contribution in [0.2, 0.25) is 0 Å². The van der Waals surface area contributed by atoms with Gasteiger partial charge in [-0.05, 0) is 25.0 Å². The Bertz CT molecular complexity index is 308. The van der Waals surface area contributed by atoms with E-state index in [-0.39, 0.29) is 6.61 Å². The van der Waals surface area contributed by atoms with Crippen molar-refractivity contribution in [3.05, 3.63) is 24.4 Å². The summed E-state index contributed by atoms with van der Waals surface area (Å²) >= 11 is 0. The first-order valence-corrected chi connectivity index (χ1v) is 5.23. The number of aromatic nitrogens is 1. The lowest BCUT2D eigenvalue weighted by atomic mass is 9.92. The van der Waals surface area contributed by atoms with E-state index in [4.69, 9.17) is 5.11 Å². The maximum absolute atomic E-state index is 9.85. The number of hydrogen-bond acceptors (Lipinski definition) is 4. The van der Waals surface area contributed by atoms with E-state index in [0.717, 1.165) is 18.9 Å². The smallest absolute Gasteiger partial charge is 0.128 e. The van der Waals surface area contributed by atoms with E-state index < -0.39 is 5.60 Å². The minimum atomic E-state index is -0.884. The number of hydrogen-bond donors (Lipinski definition) is 2. The molecule has 2 rings (SSSR count). The van der Waals surface area contributed by atoms with Crippen molar-refractivity contribution in [2.24, 2.45) is 0 Å². The monoisotopic (exact) mass is 208 g/mol. The van der Waals surface area contributed by atoms with E-state index in [1.54, 1.807) is 6.20 Å². The van der Waals surface area contributed by atoms with Gasteiger partial charge in [0.1, 0.15) is 5.82 Å². The van der Waals surface area contributed by atoms with Crippen LogP contribution >= 0.6 is 0 Å². The predicted octanol–water partition coefficient (Wildman–Crippen LogP) is 0.405. The number of piperidine rings is 1. The number of nitrogens with zero attached hydrogens (tertiary/aromatic N) is 2. The van der Waals surface area contributed by atoms with Gasteiger partial charge >= 0.3 is 0 Å². The molecule has 1 aliphatic heterocycles. The van der Waals surface area contributed by atoms with Gasteiger partial charge in [-0.1, -0.05) is 6.07 Å². The molecule has 82 valence electrons. The van der Waals surface area contributed by atoms with Crippen molar-refractivity contribution < 1.29 is 10.2 Å². The Morgan fingerprint density at radius 1 is 1.33 bits per heavy atom. The molecular weight excluding hydrogens is 192 g/mol. The molecule has 0 radical (unpaired) electrons. The zero-order chi connectivity index (χ0) is 10.7. The van der Waals surface area contributed by atoms with Gasteiger partial charge in [-0.15, -0.1) is 0 Å². The number of pyridine rings is 1. The largest absolute Gasteiger partial charge is 0.393 e. The molecule has 1 fully saturated rings. The third kappa shape index (κ3) is 2.27. The summed E-state index contributed by atoms with van der Waals surface area (Å²) < 4.78 is 0. The van der Waals surface area contributed by atoms with E-state index in [9.17, 15) is 5.11 Å². The van der Waals surface area contributed by atoms with Crippen LogP contribution < -0.4 is 4.90 Å². The van der Waals surface area contributed by atoms with E-state index in [1.165, 1.54) is 0 Å². The van der Waals surface area contributed by atoms with Gasteiger partial charge in [0.25, 0.3) is 0 Å². The van der Waals surface area contributed by atoms with Crippen LogP contribution in [-0.2, 0) is 0 Å². The van der Waals surface area contributed by atoms with Crippen LogP contribution in [0, 0.1) is 0 Å². The van der Waals surface area contributed by atoms with Crippen LogP contribution in [0.25, 0.3) is 0 Å². The molecule has 0 aromatic carbocycles. The molecule has 15 heavy (non-hydrogen) atoms. The van der Waals surface area contributed by atoms with Crippen LogP contribution in [0.15, 0.2) is 24.4 Å². The lowest BCUT2D eigenvalue weighted by Gasteiger charge is -2.37. The number of anilines is 1. The molecule has 0 aliphatic carbocycles. The fraction of sp³-hybridized carbons (Fsp3) is 0.545. The average Bonchev–Trinajstić information content (AvgIpc) is 2.31. The highest BCUT2D eigenvalue weighted by molar-refractivity contribution is 5.38. The van der Waals surface area contributed by atoms with Gasteiger partial charge in [0.05, 0.1) is 12.2 Å². The fourth-order valence-corrected chi connectivity index (χ4v) is 1.85. The van der Waals surface area contributed by atoms with Crippen molar-refractivity contribution in [2.75, 3.05) is 24.6 Å². The molecular formula is C11H16N2O2. The number of aliphatic hydroxyl groups is 2. The lowest BCUT2D eigenvalue weighted by Crippen LogP contribution is -2.46. The second kappa shape index (κ2) is 4.16. The predicted molar refractivity (Wildman–Crippen MR) is 57.7 cm³/mol. The third-order valence-electron chi connectivity index (χ3n) is 2.96. The molecule has 1 aliphatic rings. The van der Waals surface area contributed by atoms with E-state index in [0.29, 0.717) is 12.8 Å². The Balaban J connectivity index is 2.00. The lowest BCUT2D eigenvalue weighted by molar-refractivity contribution is -0.0326. The van der Waals surface area contributed by atoms with Gasteiger partial charge in [0, 0.05) is 19.3 Å². The van der Waals surface area contributed by atoms with Crippen molar-refractivity contribution in [3.8, 4) is 0 Å². The Kier molecular flexibility index (Phi) is 2.88. The van der Waals surface area contributed by atoms with Gasteiger partial charge in [0.15, 0.2) is 0 Å². The van der Waals surface area contributed by atoms with Crippen LogP contribution in [-0.4, -0.2) is 40.5 Å². The molecule has 2 N–H and O–H groups in total. The van der Waals surface area contributed by atoms with Crippen LogP contribution in [0.4, 0.5) is 5.82 Å². The Morgan fingerprint density at radius 3 is 2.60 bits per heavy atom. The molecule has 0 atom stereocenters. The summed E-state index contributed by atoms with van der Waals surface area (Å²) in [4.78, 5) is 6.39. The molecule has 0 saturated carbocycles. The molecule has 0 bridgehead atoms. The molecule has 0 amide bonds. The third-order valence-corrected chi connectivity index (χ3v) is 2.96. The Morgan fingerprint density at radius 2 is 2.07 bits per heavy atom. The Labute approximate surface area is 89.2 Å². The van der Waals surface area contributed by atoms with Gasteiger partial charge in [-0.25, -0.2) is 4.98 Å². The first-order valence-electron chi connectivity index (χ1n) is 5.23. The summed E-state index contributed by atoms with van der Waals surface area (Å²) in [5.74, 6) is 0.942. The van der Waals surface area contributed by atoms with Crippen molar-refractivity contribution in [1.29, 1.82) is 0 Å². The van der Waals surface area contributed by atoms with E-state index in [1.807, 2.05) is 18.2 Å². The molecule has 1 aromatic rings. The van der Waals surface area contributed by atoms with Crippen LogP contribution in [0.3, 0.4) is 0 Å². The second-order valence-corrected chi connectivity index (χ2v) is 4.06. The average molecular weight is 208 g/mol. The van der Waals surface area contributed by atoms with Crippen molar-refractivity contribution in [3.63, 3.8) is 0 Å². The summed E-state index contributed by atoms with van der Waals surface area (Å²) in [5, 5.41) is 18.9. The maximum Gasteiger partial charge on any atom is 0.128 e.